The maximum absolute atomic E-state index is 6.63. The highest BCUT2D eigenvalue weighted by Crippen LogP contribution is 2.42. The van der Waals surface area contributed by atoms with Crippen LogP contribution >= 0.6 is 0 Å². The zero-order valence-corrected chi connectivity index (χ0v) is 21.0. The average molecular weight is 478 g/mol. The lowest BCUT2D eigenvalue weighted by Gasteiger charge is -2.09. The Morgan fingerprint density at radius 1 is 0.568 bits per heavy atom. The van der Waals surface area contributed by atoms with Crippen LogP contribution in [0.5, 0.6) is 0 Å². The van der Waals surface area contributed by atoms with Crippen LogP contribution in [0.15, 0.2) is 120 Å². The smallest absolute Gasteiger partial charge is 0.158 e. The van der Waals surface area contributed by atoms with Gasteiger partial charge in [-0.15, -0.1) is 0 Å². The largest absolute Gasteiger partial charge is 0.454 e. The lowest BCUT2D eigenvalue weighted by molar-refractivity contribution is 0.658. The van der Waals surface area contributed by atoms with Crippen LogP contribution in [0.4, 0.5) is 11.4 Å². The van der Waals surface area contributed by atoms with Gasteiger partial charge in [-0.3, -0.25) is 0 Å². The molecule has 0 unspecified atom stereocenters. The molecule has 2 heteroatoms. The first-order valence-electron chi connectivity index (χ1n) is 12.9. The lowest BCUT2D eigenvalue weighted by atomic mass is 9.95. The summed E-state index contributed by atoms with van der Waals surface area (Å²) >= 11 is 0. The second-order valence-corrected chi connectivity index (χ2v) is 10.1. The predicted molar refractivity (Wildman–Crippen MR) is 158 cm³/mol. The number of furan rings is 1. The number of anilines is 2. The van der Waals surface area contributed by atoms with E-state index in [0.717, 1.165) is 27.9 Å². The summed E-state index contributed by atoms with van der Waals surface area (Å²) < 4.78 is 6.63. The van der Waals surface area contributed by atoms with E-state index in [1.54, 1.807) is 0 Å². The molecule has 0 atom stereocenters. The molecule has 7 rings (SSSR count). The van der Waals surface area contributed by atoms with Gasteiger partial charge in [-0.05, 0) is 74.5 Å². The first-order chi connectivity index (χ1) is 18.2. The third-order valence-electron chi connectivity index (χ3n) is 7.39. The molecule has 1 N–H and O–H groups in total. The second kappa shape index (κ2) is 8.53. The zero-order valence-electron chi connectivity index (χ0n) is 21.0. The van der Waals surface area contributed by atoms with Gasteiger partial charge in [0.2, 0.25) is 0 Å². The molecule has 1 heterocycles. The highest BCUT2D eigenvalue weighted by atomic mass is 16.3. The number of hydrogen-bond donors (Lipinski definition) is 1. The fourth-order valence-electron chi connectivity index (χ4n) is 5.47. The van der Waals surface area contributed by atoms with Gasteiger partial charge < -0.3 is 9.73 Å². The van der Waals surface area contributed by atoms with Crippen molar-refractivity contribution in [3.8, 4) is 11.1 Å². The summed E-state index contributed by atoms with van der Waals surface area (Å²) in [5.41, 5.74) is 7.57. The Bertz CT molecular complexity index is 1930. The van der Waals surface area contributed by atoms with E-state index in [9.17, 15) is 0 Å². The SMILES string of the molecule is CC(C)c1cc2ccccc2c2c1oc1c(Nc3ccc(-c4ccc5ccccc5c4)cc3)cccc12. The topological polar surface area (TPSA) is 25.2 Å². The minimum absolute atomic E-state index is 0.367. The van der Waals surface area contributed by atoms with E-state index in [0.29, 0.717) is 5.92 Å². The molecule has 6 aromatic carbocycles. The Balaban J connectivity index is 1.30. The van der Waals surface area contributed by atoms with E-state index >= 15 is 0 Å². The van der Waals surface area contributed by atoms with Crippen molar-refractivity contribution in [1.29, 1.82) is 0 Å². The number of fused-ring (bicyclic) bond motifs is 6. The van der Waals surface area contributed by atoms with Crippen LogP contribution in [0, 0.1) is 0 Å². The van der Waals surface area contributed by atoms with Gasteiger partial charge in [-0.2, -0.15) is 0 Å². The molecule has 0 radical (unpaired) electrons. The molecule has 37 heavy (non-hydrogen) atoms. The number of rotatable bonds is 4. The van der Waals surface area contributed by atoms with Crippen molar-refractivity contribution in [1.82, 2.24) is 0 Å². The normalized spacial score (nSPS) is 11.8. The van der Waals surface area contributed by atoms with Crippen LogP contribution in [0.3, 0.4) is 0 Å². The Morgan fingerprint density at radius 3 is 2.08 bits per heavy atom. The molecule has 0 spiro atoms. The molecule has 0 saturated carbocycles. The Kier molecular flexibility index (Phi) is 5.00. The van der Waals surface area contributed by atoms with E-state index < -0.39 is 0 Å². The second-order valence-electron chi connectivity index (χ2n) is 10.1. The Labute approximate surface area is 216 Å². The van der Waals surface area contributed by atoms with Gasteiger partial charge in [-0.25, -0.2) is 0 Å². The molecule has 178 valence electrons. The molecular formula is C35H27NO. The highest BCUT2D eigenvalue weighted by molar-refractivity contribution is 6.21. The van der Waals surface area contributed by atoms with Gasteiger partial charge in [-0.1, -0.05) is 98.8 Å². The van der Waals surface area contributed by atoms with Gasteiger partial charge in [0, 0.05) is 16.5 Å². The van der Waals surface area contributed by atoms with Crippen molar-refractivity contribution >= 4 is 54.9 Å². The third kappa shape index (κ3) is 3.65. The summed E-state index contributed by atoms with van der Waals surface area (Å²) in [6.45, 7) is 4.46. The van der Waals surface area contributed by atoms with Crippen molar-refractivity contribution in [3.05, 3.63) is 121 Å². The van der Waals surface area contributed by atoms with Crippen LogP contribution in [0.25, 0.3) is 54.6 Å². The van der Waals surface area contributed by atoms with E-state index in [1.807, 2.05) is 0 Å². The van der Waals surface area contributed by atoms with Gasteiger partial charge in [0.25, 0.3) is 0 Å². The van der Waals surface area contributed by atoms with Crippen LogP contribution in [-0.2, 0) is 0 Å². The molecule has 0 fully saturated rings. The van der Waals surface area contributed by atoms with Gasteiger partial charge >= 0.3 is 0 Å². The van der Waals surface area contributed by atoms with Crippen molar-refractivity contribution in [2.24, 2.45) is 0 Å². The molecule has 0 aliphatic heterocycles. The number of para-hydroxylation sites is 1. The third-order valence-corrected chi connectivity index (χ3v) is 7.39. The fraction of sp³-hybridized carbons (Fsp3) is 0.0857. The average Bonchev–Trinajstić information content (AvgIpc) is 3.34. The summed E-state index contributed by atoms with van der Waals surface area (Å²) in [5.74, 6) is 0.367. The monoisotopic (exact) mass is 477 g/mol. The summed E-state index contributed by atoms with van der Waals surface area (Å²) in [6.07, 6.45) is 0. The highest BCUT2D eigenvalue weighted by Gasteiger charge is 2.18. The molecule has 0 aliphatic rings. The van der Waals surface area contributed by atoms with Gasteiger partial charge in [0.15, 0.2) is 5.58 Å². The standard InChI is InChI=1S/C35H27NO/c1-22(2)31-21-27-10-5-6-11-29(27)33-30-12-7-13-32(34(30)37-35(31)33)36-28-18-16-24(17-19-28)26-15-14-23-8-3-4-9-25(23)20-26/h3-22,36H,1-2H3. The molecule has 2 nitrogen and oxygen atoms in total. The lowest BCUT2D eigenvalue weighted by Crippen LogP contribution is -1.90. The molecule has 0 amide bonds. The van der Waals surface area contributed by atoms with E-state index in [-0.39, 0.29) is 0 Å². The van der Waals surface area contributed by atoms with E-state index in [2.05, 4.69) is 134 Å². The minimum Gasteiger partial charge on any atom is -0.454 e. The van der Waals surface area contributed by atoms with Gasteiger partial charge in [0.1, 0.15) is 5.58 Å². The van der Waals surface area contributed by atoms with E-state index in [4.69, 9.17) is 4.42 Å². The van der Waals surface area contributed by atoms with Crippen molar-refractivity contribution < 1.29 is 4.42 Å². The van der Waals surface area contributed by atoms with Crippen LogP contribution in [0.1, 0.15) is 25.3 Å². The molecule has 7 aromatic rings. The van der Waals surface area contributed by atoms with Crippen LogP contribution in [-0.4, -0.2) is 0 Å². The van der Waals surface area contributed by atoms with Crippen LogP contribution < -0.4 is 5.32 Å². The maximum atomic E-state index is 6.63. The fourth-order valence-corrected chi connectivity index (χ4v) is 5.47. The molecule has 0 saturated heterocycles. The first-order valence-corrected chi connectivity index (χ1v) is 12.9. The van der Waals surface area contributed by atoms with Crippen molar-refractivity contribution in [2.75, 3.05) is 5.32 Å². The zero-order chi connectivity index (χ0) is 24.9. The summed E-state index contributed by atoms with van der Waals surface area (Å²) in [6, 6.07) is 41.0. The summed E-state index contributed by atoms with van der Waals surface area (Å²) in [4.78, 5) is 0. The number of hydrogen-bond acceptors (Lipinski definition) is 2. The van der Waals surface area contributed by atoms with Gasteiger partial charge in [0.05, 0.1) is 5.69 Å². The molecule has 0 aliphatic carbocycles. The first kappa shape index (κ1) is 21.7. The predicted octanol–water partition coefficient (Wildman–Crippen LogP) is 10.4. The molecule has 0 bridgehead atoms. The number of nitrogens with one attached hydrogen (secondary N) is 1. The van der Waals surface area contributed by atoms with E-state index in [1.165, 1.54) is 43.6 Å². The summed E-state index contributed by atoms with van der Waals surface area (Å²) in [7, 11) is 0. The molecular weight excluding hydrogens is 450 g/mol. The summed E-state index contributed by atoms with van der Waals surface area (Å²) in [5, 5.41) is 11.0. The number of benzene rings is 6. The Morgan fingerprint density at radius 2 is 1.27 bits per heavy atom. The Hall–Kier alpha value is -4.56. The minimum atomic E-state index is 0.367. The van der Waals surface area contributed by atoms with Crippen LogP contribution in [0.2, 0.25) is 0 Å². The van der Waals surface area contributed by atoms with Crippen molar-refractivity contribution in [2.45, 2.75) is 19.8 Å². The quantitative estimate of drug-likeness (QED) is 0.273. The van der Waals surface area contributed by atoms with Crippen molar-refractivity contribution in [3.63, 3.8) is 0 Å². The molecule has 1 aromatic heterocycles. The maximum Gasteiger partial charge on any atom is 0.158 e.